The van der Waals surface area contributed by atoms with Gasteiger partial charge in [-0.15, -0.1) is 0 Å². The van der Waals surface area contributed by atoms with E-state index < -0.39 is 6.04 Å². The van der Waals surface area contributed by atoms with Crippen molar-refractivity contribution in [3.05, 3.63) is 104 Å². The molecule has 3 aromatic carbocycles. The van der Waals surface area contributed by atoms with Crippen molar-refractivity contribution in [2.75, 3.05) is 13.7 Å². The summed E-state index contributed by atoms with van der Waals surface area (Å²) < 4.78 is 17.3. The molecule has 5 rings (SSSR count). The third-order valence-corrected chi connectivity index (χ3v) is 6.81. The number of rotatable bonds is 8. The molecule has 0 radical (unpaired) electrons. The van der Waals surface area contributed by atoms with Crippen LogP contribution in [-0.4, -0.2) is 24.5 Å². The van der Waals surface area contributed by atoms with E-state index in [4.69, 9.17) is 25.5 Å². The van der Waals surface area contributed by atoms with Gasteiger partial charge in [0.2, 0.25) is 5.76 Å². The van der Waals surface area contributed by atoms with Gasteiger partial charge < -0.3 is 18.8 Å². The molecule has 4 aromatic rings. The summed E-state index contributed by atoms with van der Waals surface area (Å²) in [5.41, 5.74) is 2.05. The fourth-order valence-corrected chi connectivity index (χ4v) is 4.79. The number of methoxy groups -OCH3 is 1. The van der Waals surface area contributed by atoms with Crippen molar-refractivity contribution in [3.63, 3.8) is 0 Å². The van der Waals surface area contributed by atoms with E-state index in [1.165, 1.54) is 0 Å². The van der Waals surface area contributed by atoms with Crippen LogP contribution in [-0.2, 0) is 6.54 Å². The van der Waals surface area contributed by atoms with Crippen molar-refractivity contribution in [2.24, 2.45) is 5.92 Å². The summed E-state index contributed by atoms with van der Waals surface area (Å²) >= 11 is 6.19. The molecule has 1 atom stereocenters. The van der Waals surface area contributed by atoms with Crippen molar-refractivity contribution >= 4 is 28.5 Å². The highest BCUT2D eigenvalue weighted by atomic mass is 35.5. The van der Waals surface area contributed by atoms with Crippen LogP contribution in [0.1, 0.15) is 53.6 Å². The second kappa shape index (κ2) is 10.3. The summed E-state index contributed by atoms with van der Waals surface area (Å²) in [6, 6.07) is 19.3. The van der Waals surface area contributed by atoms with Crippen LogP contribution < -0.4 is 14.9 Å². The lowest BCUT2D eigenvalue weighted by Gasteiger charge is -2.25. The van der Waals surface area contributed by atoms with Crippen LogP contribution in [0.3, 0.4) is 0 Å². The summed E-state index contributed by atoms with van der Waals surface area (Å²) in [5, 5.41) is 0.774. The first-order chi connectivity index (χ1) is 17.9. The topological polar surface area (TPSA) is 69.0 Å². The highest BCUT2D eigenvalue weighted by Gasteiger charge is 2.42. The van der Waals surface area contributed by atoms with E-state index >= 15 is 0 Å². The number of fused-ring (bicyclic) bond motifs is 2. The first kappa shape index (κ1) is 24.9. The molecule has 1 aromatic heterocycles. The molecule has 190 valence electrons. The fraction of sp³-hybridized carbons (Fsp3) is 0.267. The lowest BCUT2D eigenvalue weighted by atomic mass is 9.98. The van der Waals surface area contributed by atoms with Crippen molar-refractivity contribution in [1.29, 1.82) is 0 Å². The van der Waals surface area contributed by atoms with Gasteiger partial charge in [-0.1, -0.05) is 49.7 Å². The average molecular weight is 518 g/mol. The first-order valence-electron chi connectivity index (χ1n) is 12.3. The molecule has 7 heteroatoms. The number of nitrogens with zero attached hydrogens (tertiary/aromatic N) is 1. The minimum absolute atomic E-state index is 0.0597. The standard InChI is InChI=1S/C30H28ClNO5/c1-18(2)13-14-36-23-6-4-5-20(15-23)27-26-28(33)24-16-21(31)9-12-25(24)37-29(26)30(34)32(27)17-19-7-10-22(35-3)11-8-19/h4-12,15-16,18,27H,13-14,17H2,1-3H3. The molecule has 1 aliphatic heterocycles. The zero-order valence-electron chi connectivity index (χ0n) is 21.0. The van der Waals surface area contributed by atoms with Gasteiger partial charge in [0.15, 0.2) is 5.43 Å². The lowest BCUT2D eigenvalue weighted by Crippen LogP contribution is -2.29. The van der Waals surface area contributed by atoms with E-state index in [9.17, 15) is 9.59 Å². The zero-order valence-corrected chi connectivity index (χ0v) is 21.7. The molecule has 0 spiro atoms. The third kappa shape index (κ3) is 4.94. The van der Waals surface area contributed by atoms with Crippen LogP contribution >= 0.6 is 11.6 Å². The van der Waals surface area contributed by atoms with Crippen LogP contribution in [0.5, 0.6) is 11.5 Å². The van der Waals surface area contributed by atoms with Gasteiger partial charge >= 0.3 is 0 Å². The maximum absolute atomic E-state index is 13.8. The number of amides is 1. The molecule has 1 amide bonds. The van der Waals surface area contributed by atoms with Gasteiger partial charge in [-0.3, -0.25) is 9.59 Å². The summed E-state index contributed by atoms with van der Waals surface area (Å²) in [6.07, 6.45) is 0.926. The number of halogens is 1. The van der Waals surface area contributed by atoms with Crippen LogP contribution in [0, 0.1) is 5.92 Å². The summed E-state index contributed by atoms with van der Waals surface area (Å²) in [7, 11) is 1.61. The molecule has 6 nitrogen and oxygen atoms in total. The van der Waals surface area contributed by atoms with Crippen LogP contribution in [0.25, 0.3) is 11.0 Å². The van der Waals surface area contributed by atoms with E-state index in [2.05, 4.69) is 13.8 Å². The Balaban J connectivity index is 1.61. The van der Waals surface area contributed by atoms with Crippen LogP contribution in [0.2, 0.25) is 5.02 Å². The normalized spacial score (nSPS) is 14.9. The Morgan fingerprint density at radius 1 is 1.00 bits per heavy atom. The van der Waals surface area contributed by atoms with E-state index in [0.29, 0.717) is 39.8 Å². The maximum atomic E-state index is 13.8. The Hall–Kier alpha value is -3.77. The Labute approximate surface area is 220 Å². The third-order valence-electron chi connectivity index (χ3n) is 6.58. The minimum Gasteiger partial charge on any atom is -0.497 e. The SMILES string of the molecule is COc1ccc(CN2C(=O)c3oc4ccc(Cl)cc4c(=O)c3C2c2cccc(OCCC(C)C)c2)cc1. The second-order valence-electron chi connectivity index (χ2n) is 9.60. The molecule has 1 unspecified atom stereocenters. The Kier molecular flexibility index (Phi) is 6.94. The molecule has 0 fully saturated rings. The fourth-order valence-electron chi connectivity index (χ4n) is 4.62. The van der Waals surface area contributed by atoms with E-state index in [1.54, 1.807) is 30.2 Å². The molecule has 0 aliphatic carbocycles. The molecular formula is C30H28ClNO5. The number of carbonyl (C=O) groups excluding carboxylic acids is 1. The first-order valence-corrected chi connectivity index (χ1v) is 12.7. The summed E-state index contributed by atoms with van der Waals surface area (Å²) in [4.78, 5) is 29.2. The maximum Gasteiger partial charge on any atom is 0.291 e. The van der Waals surface area contributed by atoms with Crippen molar-refractivity contribution in [2.45, 2.75) is 32.9 Å². The largest absolute Gasteiger partial charge is 0.497 e. The van der Waals surface area contributed by atoms with Gasteiger partial charge in [0.25, 0.3) is 5.91 Å². The number of carbonyl (C=O) groups is 1. The van der Waals surface area contributed by atoms with Gasteiger partial charge in [-0.05, 0) is 65.9 Å². The summed E-state index contributed by atoms with van der Waals surface area (Å²) in [6.45, 7) is 5.16. The number of hydrogen-bond acceptors (Lipinski definition) is 5. The predicted molar refractivity (Wildman–Crippen MR) is 144 cm³/mol. The average Bonchev–Trinajstić information content (AvgIpc) is 3.16. The van der Waals surface area contributed by atoms with E-state index in [0.717, 1.165) is 23.3 Å². The Bertz CT molecular complexity index is 1510. The highest BCUT2D eigenvalue weighted by molar-refractivity contribution is 6.31. The van der Waals surface area contributed by atoms with Gasteiger partial charge in [-0.25, -0.2) is 0 Å². The molecule has 0 bridgehead atoms. The van der Waals surface area contributed by atoms with Gasteiger partial charge in [0.1, 0.15) is 17.1 Å². The molecule has 37 heavy (non-hydrogen) atoms. The number of benzene rings is 3. The molecule has 0 saturated heterocycles. The van der Waals surface area contributed by atoms with E-state index in [-0.39, 0.29) is 23.6 Å². The van der Waals surface area contributed by atoms with Gasteiger partial charge in [0.05, 0.1) is 30.7 Å². The molecule has 0 N–H and O–H groups in total. The van der Waals surface area contributed by atoms with Gasteiger partial charge in [-0.2, -0.15) is 0 Å². The van der Waals surface area contributed by atoms with Crippen molar-refractivity contribution < 1.29 is 18.7 Å². The minimum atomic E-state index is -0.641. The van der Waals surface area contributed by atoms with Crippen molar-refractivity contribution in [3.8, 4) is 11.5 Å². The smallest absolute Gasteiger partial charge is 0.291 e. The van der Waals surface area contributed by atoms with Crippen molar-refractivity contribution in [1.82, 2.24) is 4.90 Å². The molecule has 2 heterocycles. The quantitative estimate of drug-likeness (QED) is 0.262. The van der Waals surface area contributed by atoms with E-state index in [1.807, 2.05) is 48.5 Å². The second-order valence-corrected chi connectivity index (χ2v) is 10.0. The highest BCUT2D eigenvalue weighted by Crippen LogP contribution is 2.40. The predicted octanol–water partition coefficient (Wildman–Crippen LogP) is 6.63. The molecule has 1 aliphatic rings. The molecule has 0 saturated carbocycles. The molecular weight excluding hydrogens is 490 g/mol. The number of hydrogen-bond donors (Lipinski definition) is 0. The zero-order chi connectivity index (χ0) is 26.1. The lowest BCUT2D eigenvalue weighted by molar-refractivity contribution is 0.0714. The monoisotopic (exact) mass is 517 g/mol. The Morgan fingerprint density at radius 3 is 2.51 bits per heavy atom. The Morgan fingerprint density at radius 2 is 1.78 bits per heavy atom. The van der Waals surface area contributed by atoms with Crippen LogP contribution in [0.4, 0.5) is 0 Å². The van der Waals surface area contributed by atoms with Gasteiger partial charge in [0, 0.05) is 11.6 Å². The van der Waals surface area contributed by atoms with Crippen LogP contribution in [0.15, 0.2) is 75.9 Å². The number of ether oxygens (including phenoxy) is 2. The summed E-state index contributed by atoms with van der Waals surface area (Å²) in [5.74, 6) is 1.66.